The predicted molar refractivity (Wildman–Crippen MR) is 38.9 cm³/mol. The van der Waals surface area contributed by atoms with Crippen molar-refractivity contribution in [3.63, 3.8) is 0 Å². The molecule has 0 saturated carbocycles. The summed E-state index contributed by atoms with van der Waals surface area (Å²) in [6.45, 7) is 0.265. The molecule has 0 bridgehead atoms. The van der Waals surface area contributed by atoms with E-state index in [0.29, 0.717) is 0 Å². The van der Waals surface area contributed by atoms with Crippen LogP contribution in [0.25, 0.3) is 0 Å². The molecule has 0 aromatic carbocycles. The van der Waals surface area contributed by atoms with Crippen molar-refractivity contribution in [2.45, 2.75) is 0 Å². The van der Waals surface area contributed by atoms with Crippen molar-refractivity contribution in [3.8, 4) is 12.3 Å². The van der Waals surface area contributed by atoms with E-state index in [1.165, 1.54) is 0 Å². The third kappa shape index (κ3) is 4.04. The van der Waals surface area contributed by atoms with Crippen LogP contribution in [0, 0.1) is 12.3 Å². The zero-order valence-corrected chi connectivity index (χ0v) is 5.87. The van der Waals surface area contributed by atoms with Crippen LogP contribution in [-0.2, 0) is 10.9 Å². The van der Waals surface area contributed by atoms with Crippen LogP contribution in [0.2, 0.25) is 0 Å². The number of aliphatic hydroxyl groups excluding tert-OH is 1. The molecule has 1 nitrogen and oxygen atoms in total. The second kappa shape index (κ2) is 5.02. The van der Waals surface area contributed by atoms with Crippen LogP contribution in [0.5, 0.6) is 0 Å². The van der Waals surface area contributed by atoms with Gasteiger partial charge in [-0.3, -0.25) is 0 Å². The van der Waals surface area contributed by atoms with Gasteiger partial charge in [0.1, 0.15) is 5.75 Å². The molecule has 0 radical (unpaired) electrons. The molecular formula is C6H11OS+. The molecule has 1 unspecified atom stereocenters. The molecule has 0 aliphatic carbocycles. The van der Waals surface area contributed by atoms with Gasteiger partial charge in [-0.05, 0) is 10.9 Å². The molecule has 0 saturated heterocycles. The summed E-state index contributed by atoms with van der Waals surface area (Å²) < 4.78 is 0. The van der Waals surface area contributed by atoms with E-state index >= 15 is 0 Å². The molecule has 8 heavy (non-hydrogen) atoms. The fraction of sp³-hybridized carbons (Fsp3) is 0.667. The number of hydrogen-bond donors (Lipinski definition) is 1. The Balaban J connectivity index is 3.08. The lowest BCUT2D eigenvalue weighted by Crippen LogP contribution is -2.11. The van der Waals surface area contributed by atoms with Crippen LogP contribution in [0.3, 0.4) is 0 Å². The van der Waals surface area contributed by atoms with Gasteiger partial charge in [0.25, 0.3) is 0 Å². The molecule has 1 N–H and O–H groups in total. The van der Waals surface area contributed by atoms with Crippen molar-refractivity contribution in [1.29, 1.82) is 0 Å². The Labute approximate surface area is 53.4 Å². The third-order valence-corrected chi connectivity index (χ3v) is 2.31. The maximum absolute atomic E-state index is 8.40. The van der Waals surface area contributed by atoms with E-state index in [9.17, 15) is 0 Å². The van der Waals surface area contributed by atoms with Gasteiger partial charge in [0, 0.05) is 0 Å². The number of hydrogen-bond acceptors (Lipinski definition) is 1. The van der Waals surface area contributed by atoms with Crippen molar-refractivity contribution in [1.82, 2.24) is 0 Å². The molecule has 0 fully saturated rings. The topological polar surface area (TPSA) is 20.2 Å². The highest BCUT2D eigenvalue weighted by atomic mass is 32.2. The molecule has 46 valence electrons. The molecule has 0 heterocycles. The lowest BCUT2D eigenvalue weighted by atomic mass is 10.8. The van der Waals surface area contributed by atoms with Crippen LogP contribution < -0.4 is 0 Å². The van der Waals surface area contributed by atoms with E-state index in [1.807, 2.05) is 0 Å². The van der Waals surface area contributed by atoms with Crippen LogP contribution in [-0.4, -0.2) is 29.5 Å². The number of rotatable bonds is 3. The lowest BCUT2D eigenvalue weighted by Gasteiger charge is -1.92. The standard InChI is InChI=1S/C6H11OS/c1-3-5-8(2)6-4-7/h1,7H,4-6H2,2H3/q+1. The molecule has 2 heteroatoms. The second-order valence-electron chi connectivity index (χ2n) is 1.56. The van der Waals surface area contributed by atoms with Gasteiger partial charge in [-0.15, -0.1) is 6.42 Å². The van der Waals surface area contributed by atoms with Crippen molar-refractivity contribution >= 4 is 10.9 Å². The molecule has 0 amide bonds. The van der Waals surface area contributed by atoms with E-state index in [1.54, 1.807) is 0 Å². The molecule has 0 aromatic rings. The third-order valence-electron chi connectivity index (χ3n) is 0.769. The molecule has 1 atom stereocenters. The average molecular weight is 131 g/mol. The Morgan fingerprint density at radius 2 is 2.38 bits per heavy atom. The largest absolute Gasteiger partial charge is 0.391 e. The molecule has 0 aliphatic rings. The average Bonchev–Trinajstić information content (AvgIpc) is 1.68. The Kier molecular flexibility index (Phi) is 4.93. The first-order valence-corrected chi connectivity index (χ1v) is 4.42. The molecule has 0 spiro atoms. The van der Waals surface area contributed by atoms with E-state index in [0.717, 1.165) is 11.5 Å². The first kappa shape index (κ1) is 7.87. The summed E-state index contributed by atoms with van der Waals surface area (Å²) in [5.74, 6) is 4.21. The van der Waals surface area contributed by atoms with Crippen LogP contribution in [0.15, 0.2) is 0 Å². The first-order valence-electron chi connectivity index (χ1n) is 2.44. The maximum Gasteiger partial charge on any atom is 0.167 e. The fourth-order valence-corrected chi connectivity index (χ4v) is 1.11. The van der Waals surface area contributed by atoms with E-state index in [2.05, 4.69) is 12.2 Å². The van der Waals surface area contributed by atoms with E-state index < -0.39 is 0 Å². The SMILES string of the molecule is C#CC[S+](C)CCO. The summed E-state index contributed by atoms with van der Waals surface area (Å²) in [7, 11) is 0.244. The highest BCUT2D eigenvalue weighted by molar-refractivity contribution is 7.96. The van der Waals surface area contributed by atoms with Crippen LogP contribution >= 0.6 is 0 Å². The summed E-state index contributed by atoms with van der Waals surface area (Å²) in [5, 5.41) is 8.40. The minimum absolute atomic E-state index is 0.244. The molecule has 0 aromatic heterocycles. The van der Waals surface area contributed by atoms with Crippen molar-refractivity contribution in [2.75, 3.05) is 24.4 Å². The summed E-state index contributed by atoms with van der Waals surface area (Å²) in [4.78, 5) is 0. The second-order valence-corrected chi connectivity index (χ2v) is 3.82. The van der Waals surface area contributed by atoms with Crippen molar-refractivity contribution < 1.29 is 5.11 Å². The highest BCUT2D eigenvalue weighted by Crippen LogP contribution is 1.86. The van der Waals surface area contributed by atoms with E-state index in [4.69, 9.17) is 11.5 Å². The first-order chi connectivity index (χ1) is 3.81. The Bertz CT molecular complexity index is 85.0. The van der Waals surface area contributed by atoms with Gasteiger partial charge >= 0.3 is 0 Å². The minimum Gasteiger partial charge on any atom is -0.391 e. The zero-order chi connectivity index (χ0) is 6.41. The van der Waals surface area contributed by atoms with Crippen molar-refractivity contribution in [3.05, 3.63) is 0 Å². The molecule has 0 rings (SSSR count). The monoisotopic (exact) mass is 131 g/mol. The van der Waals surface area contributed by atoms with Gasteiger partial charge in [-0.1, -0.05) is 5.92 Å². The number of terminal acetylenes is 1. The molecule has 0 aliphatic heterocycles. The van der Waals surface area contributed by atoms with Gasteiger partial charge in [0.2, 0.25) is 0 Å². The maximum atomic E-state index is 8.40. The zero-order valence-electron chi connectivity index (χ0n) is 5.05. The Hall–Kier alpha value is -0.130. The lowest BCUT2D eigenvalue weighted by molar-refractivity contribution is 0.322. The molecular weight excluding hydrogens is 120 g/mol. The number of aliphatic hydroxyl groups is 1. The van der Waals surface area contributed by atoms with Crippen molar-refractivity contribution in [2.24, 2.45) is 0 Å². The van der Waals surface area contributed by atoms with E-state index in [-0.39, 0.29) is 17.5 Å². The van der Waals surface area contributed by atoms with Crippen LogP contribution in [0.4, 0.5) is 0 Å². The predicted octanol–water partition coefficient (Wildman–Crippen LogP) is -0.140. The Morgan fingerprint density at radius 3 is 2.75 bits per heavy atom. The van der Waals surface area contributed by atoms with Gasteiger partial charge in [0.05, 0.1) is 12.9 Å². The summed E-state index contributed by atoms with van der Waals surface area (Å²) >= 11 is 0. The minimum atomic E-state index is 0.244. The van der Waals surface area contributed by atoms with Gasteiger partial charge in [-0.2, -0.15) is 0 Å². The normalized spacial score (nSPS) is 12.6. The quantitative estimate of drug-likeness (QED) is 0.417. The van der Waals surface area contributed by atoms with Gasteiger partial charge < -0.3 is 5.11 Å². The summed E-state index contributed by atoms with van der Waals surface area (Å²) in [5.41, 5.74) is 0. The fourth-order valence-electron chi connectivity index (χ4n) is 0.370. The summed E-state index contributed by atoms with van der Waals surface area (Å²) in [6, 6.07) is 0. The summed E-state index contributed by atoms with van der Waals surface area (Å²) in [6.07, 6.45) is 7.10. The highest BCUT2D eigenvalue weighted by Gasteiger charge is 2.04. The van der Waals surface area contributed by atoms with Gasteiger partial charge in [0.15, 0.2) is 5.75 Å². The smallest absolute Gasteiger partial charge is 0.167 e. The van der Waals surface area contributed by atoms with Gasteiger partial charge in [-0.25, -0.2) is 0 Å². The van der Waals surface area contributed by atoms with Crippen LogP contribution in [0.1, 0.15) is 0 Å². The Morgan fingerprint density at radius 1 is 1.75 bits per heavy atom.